The van der Waals surface area contributed by atoms with Gasteiger partial charge in [0.25, 0.3) is 0 Å². The first-order valence-corrected chi connectivity index (χ1v) is 3.22. The second-order valence-corrected chi connectivity index (χ2v) is 1.51. The van der Waals surface area contributed by atoms with Gasteiger partial charge in [0.15, 0.2) is 0 Å². The first-order chi connectivity index (χ1) is 4.33. The minimum absolute atomic E-state index is 0. The smallest absolute Gasteiger partial charge is 1.00 e. The van der Waals surface area contributed by atoms with Crippen molar-refractivity contribution in [3.63, 3.8) is 0 Å². The largest absolute Gasteiger partial charge is 1.00 e. The molecule has 3 nitrogen and oxygen atoms in total. The molecule has 1 N–H and O–H groups in total. The van der Waals surface area contributed by atoms with Crippen LogP contribution in [0.25, 0.3) is 0 Å². The van der Waals surface area contributed by atoms with Crippen molar-refractivity contribution >= 4 is 16.6 Å². The van der Waals surface area contributed by atoms with Gasteiger partial charge in [-0.1, -0.05) is 0 Å². The Morgan fingerprint density at radius 3 is 2.11 bits per heavy atom. The number of aliphatic hydroxyl groups excluding tert-OH is 1. The van der Waals surface area contributed by atoms with Crippen LogP contribution in [0.3, 0.4) is 0 Å². The maximum absolute atomic E-state index is 7.57. The minimum Gasteiger partial charge on any atom is -1.00 e. The number of rotatable bonds is 3. The molecule has 0 aromatic carbocycles. The van der Waals surface area contributed by atoms with Gasteiger partial charge in [-0.25, -0.2) is 0 Å². The van der Waals surface area contributed by atoms with Crippen LogP contribution in [0.4, 0.5) is 0 Å². The molecule has 0 amide bonds. The van der Waals surface area contributed by atoms with Crippen molar-refractivity contribution < 1.29 is 16.5 Å². The van der Waals surface area contributed by atoms with Gasteiger partial charge in [0, 0.05) is 6.61 Å². The van der Waals surface area contributed by atoms with E-state index in [2.05, 4.69) is 25.1 Å². The van der Waals surface area contributed by atoms with Gasteiger partial charge in [-0.15, -0.1) is 0 Å². The maximum atomic E-state index is 7.57. The summed E-state index contributed by atoms with van der Waals surface area (Å²) in [7, 11) is 1.64. The van der Waals surface area contributed by atoms with Crippen LogP contribution in [0, 0.1) is 0 Å². The molecule has 0 spiro atoms. The summed E-state index contributed by atoms with van der Waals surface area (Å²) in [5, 5.41) is 7.57. The van der Waals surface area contributed by atoms with E-state index in [1.165, 1.54) is 0 Å². The minimum atomic E-state index is 0. The first kappa shape index (κ1) is 12.1. The molecule has 0 aromatic rings. The van der Waals surface area contributed by atoms with E-state index >= 15 is 0 Å². The summed E-state index contributed by atoms with van der Waals surface area (Å²) in [5.74, 6) is 0. The van der Waals surface area contributed by atoms with Gasteiger partial charge in [-0.3, -0.25) is 0 Å². The molecule has 0 aromatic heterocycles. The summed E-state index contributed by atoms with van der Waals surface area (Å²) in [4.78, 5) is 0. The normalized spacial score (nSPS) is 8.11. The SMILES string of the molecule is CCO.COCC[O][Al+2].[H-].[H-]. The van der Waals surface area contributed by atoms with Crippen molar-refractivity contribution in [1.82, 2.24) is 0 Å². The van der Waals surface area contributed by atoms with Crippen LogP contribution in [0.2, 0.25) is 0 Å². The van der Waals surface area contributed by atoms with Crippen molar-refractivity contribution in [3.8, 4) is 0 Å². The van der Waals surface area contributed by atoms with Crippen LogP contribution in [-0.4, -0.2) is 48.7 Å². The van der Waals surface area contributed by atoms with Crippen molar-refractivity contribution in [1.29, 1.82) is 0 Å². The Balaban J connectivity index is -0.0000000437. The molecule has 9 heavy (non-hydrogen) atoms. The number of hydrogen-bond donors (Lipinski definition) is 1. The molecular formula is C5H15AlO3. The zero-order chi connectivity index (χ0) is 7.54. The summed E-state index contributed by atoms with van der Waals surface area (Å²) >= 11 is 2.15. The first-order valence-electron chi connectivity index (χ1n) is 2.74. The zero-order valence-electron chi connectivity index (χ0n) is 7.96. The van der Waals surface area contributed by atoms with Gasteiger partial charge in [0.1, 0.15) is 0 Å². The van der Waals surface area contributed by atoms with Gasteiger partial charge in [-0.2, -0.15) is 0 Å². The van der Waals surface area contributed by atoms with Crippen LogP contribution in [-0.2, 0) is 8.53 Å². The number of aliphatic hydroxyl groups is 1. The molecule has 0 aliphatic rings. The van der Waals surface area contributed by atoms with E-state index in [0.717, 1.165) is 0 Å². The van der Waals surface area contributed by atoms with E-state index in [-0.39, 0.29) is 9.46 Å². The van der Waals surface area contributed by atoms with Crippen molar-refractivity contribution in [2.45, 2.75) is 6.92 Å². The Morgan fingerprint density at radius 2 is 2.00 bits per heavy atom. The van der Waals surface area contributed by atoms with Gasteiger partial charge in [0.05, 0.1) is 0 Å². The molecule has 0 heterocycles. The monoisotopic (exact) mass is 150 g/mol. The second kappa shape index (κ2) is 15.8. The van der Waals surface area contributed by atoms with Gasteiger partial charge in [-0.05, 0) is 6.92 Å². The zero-order valence-corrected chi connectivity index (χ0v) is 7.12. The molecule has 56 valence electrons. The van der Waals surface area contributed by atoms with Gasteiger partial charge in [0.2, 0.25) is 0 Å². The topological polar surface area (TPSA) is 38.7 Å². The van der Waals surface area contributed by atoms with Crippen molar-refractivity contribution in [2.24, 2.45) is 0 Å². The van der Waals surface area contributed by atoms with Crippen LogP contribution >= 0.6 is 0 Å². The van der Waals surface area contributed by atoms with E-state index in [1.807, 2.05) is 0 Å². The number of hydrogen-bond acceptors (Lipinski definition) is 3. The van der Waals surface area contributed by atoms with Crippen LogP contribution < -0.4 is 0 Å². The third-order valence-electron chi connectivity index (χ3n) is 0.405. The van der Waals surface area contributed by atoms with E-state index in [9.17, 15) is 0 Å². The molecule has 0 saturated carbocycles. The summed E-state index contributed by atoms with van der Waals surface area (Å²) in [6.07, 6.45) is 0. The Labute approximate surface area is 67.7 Å². The Kier molecular flexibility index (Phi) is 21.3. The molecule has 4 heteroatoms. The van der Waals surface area contributed by atoms with Crippen LogP contribution in [0.5, 0.6) is 0 Å². The van der Waals surface area contributed by atoms with Crippen molar-refractivity contribution in [3.05, 3.63) is 0 Å². The van der Waals surface area contributed by atoms with E-state index in [4.69, 9.17) is 5.11 Å². The average Bonchev–Trinajstić information content (AvgIpc) is 1.86. The molecule has 0 radical (unpaired) electrons. The molecule has 0 aliphatic carbocycles. The quantitative estimate of drug-likeness (QED) is 0.453. The predicted molar refractivity (Wildman–Crippen MR) is 38.6 cm³/mol. The number of methoxy groups -OCH3 is 1. The van der Waals surface area contributed by atoms with E-state index < -0.39 is 0 Å². The molecule has 0 unspecified atom stereocenters. The van der Waals surface area contributed by atoms with Gasteiger partial charge < -0.3 is 7.96 Å². The van der Waals surface area contributed by atoms with Crippen LogP contribution in [0.15, 0.2) is 0 Å². The summed E-state index contributed by atoms with van der Waals surface area (Å²) in [6, 6.07) is 0. The predicted octanol–water partition coefficient (Wildman–Crippen LogP) is -0.0435. The Hall–Kier alpha value is 0.412. The molecular weight excluding hydrogens is 135 g/mol. The summed E-state index contributed by atoms with van der Waals surface area (Å²) in [6.45, 7) is 3.25. The van der Waals surface area contributed by atoms with E-state index in [1.54, 1.807) is 14.0 Å². The maximum Gasteiger partial charge on any atom is -1.00 e. The summed E-state index contributed by atoms with van der Waals surface area (Å²) < 4.78 is 9.22. The molecule has 0 saturated heterocycles. The molecule has 0 fully saturated rings. The van der Waals surface area contributed by atoms with Crippen molar-refractivity contribution in [2.75, 3.05) is 26.9 Å². The van der Waals surface area contributed by atoms with Crippen LogP contribution in [0.1, 0.15) is 9.78 Å². The van der Waals surface area contributed by atoms with Gasteiger partial charge >= 0.3 is 45.5 Å². The molecule has 0 aliphatic heterocycles. The number of ether oxygens (including phenoxy) is 1. The summed E-state index contributed by atoms with van der Waals surface area (Å²) in [5.41, 5.74) is 0. The molecule has 0 atom stereocenters. The average molecular weight is 150 g/mol. The second-order valence-electron chi connectivity index (χ2n) is 1.18. The Morgan fingerprint density at radius 1 is 1.56 bits per heavy atom. The third-order valence-corrected chi connectivity index (χ3v) is 0.641. The standard InChI is InChI=1S/C3H7O2.C2H6O.Al.2H/c1-5-3-2-4;1-2-3;;;/h2-3H2,1H3;3H,2H2,1H3;;;/q-1;;+3;2*-1. The van der Waals surface area contributed by atoms with E-state index in [0.29, 0.717) is 13.2 Å². The molecule has 0 bridgehead atoms. The molecule has 0 rings (SSSR count). The fourth-order valence-corrected chi connectivity index (χ4v) is 0.228. The third kappa shape index (κ3) is 29.7. The Bertz CT molecular complexity index is 38.9. The fourth-order valence-electron chi connectivity index (χ4n) is 0.131. The fraction of sp³-hybridized carbons (Fsp3) is 1.00.